The average Bonchev–Trinajstić information content (AvgIpc) is 2.55. The molecule has 3 heteroatoms. The molecule has 0 aliphatic heterocycles. The fraction of sp³-hybridized carbons (Fsp3) is 0.222. The molecule has 1 N–H and O–H groups in total. The van der Waals surface area contributed by atoms with Gasteiger partial charge in [0.15, 0.2) is 0 Å². The number of hydrogen-bond donors (Lipinski definition) is 1. The van der Waals surface area contributed by atoms with Crippen molar-refractivity contribution in [3.8, 4) is 0 Å². The van der Waals surface area contributed by atoms with Crippen LogP contribution < -0.4 is 5.32 Å². The second kappa shape index (κ2) is 6.46. The van der Waals surface area contributed by atoms with Gasteiger partial charge in [-0.05, 0) is 54.4 Å². The molecule has 1 aromatic carbocycles. The number of pyridine rings is 2. The van der Waals surface area contributed by atoms with Gasteiger partial charge in [0.05, 0.1) is 5.52 Å². The van der Waals surface area contributed by atoms with Crippen molar-refractivity contribution in [2.45, 2.75) is 19.4 Å². The van der Waals surface area contributed by atoms with E-state index in [0.29, 0.717) is 6.04 Å². The Bertz CT molecular complexity index is 710. The number of rotatable bonds is 5. The number of fused-ring (bicyclic) bond motifs is 1. The van der Waals surface area contributed by atoms with Crippen LogP contribution in [0.3, 0.4) is 0 Å². The van der Waals surface area contributed by atoms with Crippen molar-refractivity contribution in [3.05, 3.63) is 72.2 Å². The van der Waals surface area contributed by atoms with E-state index < -0.39 is 0 Å². The predicted octanol–water partition coefficient (Wildman–Crippen LogP) is 3.52. The largest absolute Gasteiger partial charge is 0.310 e. The van der Waals surface area contributed by atoms with Crippen LogP contribution in [0, 0.1) is 0 Å². The van der Waals surface area contributed by atoms with Gasteiger partial charge in [0.1, 0.15) is 0 Å². The number of nitrogens with zero attached hydrogens (tertiary/aromatic N) is 2. The maximum absolute atomic E-state index is 4.38. The topological polar surface area (TPSA) is 37.8 Å². The first-order valence-corrected chi connectivity index (χ1v) is 7.34. The number of nitrogens with one attached hydrogen (secondary N) is 1. The van der Waals surface area contributed by atoms with Crippen molar-refractivity contribution in [2.75, 3.05) is 6.54 Å². The highest BCUT2D eigenvalue weighted by molar-refractivity contribution is 5.79. The zero-order valence-corrected chi connectivity index (χ0v) is 12.2. The molecule has 1 atom stereocenters. The molecule has 0 bridgehead atoms. The van der Waals surface area contributed by atoms with Crippen LogP contribution >= 0.6 is 0 Å². The summed E-state index contributed by atoms with van der Waals surface area (Å²) in [6, 6.07) is 15.1. The predicted molar refractivity (Wildman–Crippen MR) is 86.1 cm³/mol. The second-order valence-corrected chi connectivity index (χ2v) is 5.13. The second-order valence-electron chi connectivity index (χ2n) is 5.13. The highest BCUT2D eigenvalue weighted by Gasteiger charge is 2.11. The van der Waals surface area contributed by atoms with Crippen LogP contribution in [0.2, 0.25) is 0 Å². The summed E-state index contributed by atoms with van der Waals surface area (Å²) >= 11 is 0. The first-order chi connectivity index (χ1) is 10.4. The summed E-state index contributed by atoms with van der Waals surface area (Å²) in [6.45, 7) is 3.09. The molecular formula is C18H19N3. The Morgan fingerprint density at radius 2 is 1.90 bits per heavy atom. The highest BCUT2D eigenvalue weighted by atomic mass is 14.9. The number of aromatic nitrogens is 2. The Morgan fingerprint density at radius 1 is 1.05 bits per heavy atom. The minimum absolute atomic E-state index is 0.307. The molecule has 2 aromatic heterocycles. The van der Waals surface area contributed by atoms with Gasteiger partial charge in [-0.3, -0.25) is 9.97 Å². The summed E-state index contributed by atoms with van der Waals surface area (Å²) in [7, 11) is 0. The molecule has 0 amide bonds. The van der Waals surface area contributed by atoms with Crippen LogP contribution in [-0.4, -0.2) is 16.5 Å². The van der Waals surface area contributed by atoms with E-state index in [-0.39, 0.29) is 0 Å². The molecule has 1 unspecified atom stereocenters. The van der Waals surface area contributed by atoms with Crippen molar-refractivity contribution >= 4 is 10.9 Å². The molecule has 0 saturated heterocycles. The fourth-order valence-electron chi connectivity index (χ4n) is 2.62. The summed E-state index contributed by atoms with van der Waals surface area (Å²) in [4.78, 5) is 8.47. The van der Waals surface area contributed by atoms with Crippen LogP contribution in [0.5, 0.6) is 0 Å². The van der Waals surface area contributed by atoms with Crippen molar-refractivity contribution in [1.82, 2.24) is 15.3 Å². The lowest BCUT2D eigenvalue weighted by Gasteiger charge is -2.19. The van der Waals surface area contributed by atoms with Gasteiger partial charge in [-0.2, -0.15) is 0 Å². The molecule has 0 fully saturated rings. The number of benzene rings is 1. The molecule has 0 spiro atoms. The quantitative estimate of drug-likeness (QED) is 0.775. The van der Waals surface area contributed by atoms with Gasteiger partial charge in [0.25, 0.3) is 0 Å². The minimum Gasteiger partial charge on any atom is -0.310 e. The average molecular weight is 277 g/mol. The summed E-state index contributed by atoms with van der Waals surface area (Å²) in [5.41, 5.74) is 3.64. The smallest absolute Gasteiger partial charge is 0.0702 e. The summed E-state index contributed by atoms with van der Waals surface area (Å²) in [6.07, 6.45) is 6.49. The van der Waals surface area contributed by atoms with Crippen LogP contribution in [0.15, 0.2) is 61.1 Å². The molecule has 0 saturated carbocycles. The molecule has 0 radical (unpaired) electrons. The first-order valence-electron chi connectivity index (χ1n) is 7.34. The molecule has 3 nitrogen and oxygen atoms in total. The lowest BCUT2D eigenvalue weighted by molar-refractivity contribution is 0.550. The van der Waals surface area contributed by atoms with Gasteiger partial charge in [-0.15, -0.1) is 0 Å². The molecule has 0 aliphatic rings. The molecule has 106 valence electrons. The zero-order valence-electron chi connectivity index (χ0n) is 12.2. The minimum atomic E-state index is 0.307. The number of hydrogen-bond acceptors (Lipinski definition) is 3. The highest BCUT2D eigenvalue weighted by Crippen LogP contribution is 2.22. The number of likely N-dealkylation sites (N-methyl/N-ethyl adjacent to an activating group) is 1. The summed E-state index contributed by atoms with van der Waals surface area (Å²) in [5, 5.41) is 4.76. The van der Waals surface area contributed by atoms with E-state index in [9.17, 15) is 0 Å². The molecule has 0 aliphatic carbocycles. The van der Waals surface area contributed by atoms with Gasteiger partial charge < -0.3 is 5.32 Å². The van der Waals surface area contributed by atoms with Gasteiger partial charge in [0.2, 0.25) is 0 Å². The van der Waals surface area contributed by atoms with Crippen molar-refractivity contribution in [1.29, 1.82) is 0 Å². The van der Waals surface area contributed by atoms with Crippen LogP contribution in [-0.2, 0) is 6.42 Å². The molecular weight excluding hydrogens is 258 g/mol. The van der Waals surface area contributed by atoms with Crippen LogP contribution in [0.4, 0.5) is 0 Å². The maximum atomic E-state index is 4.38. The lowest BCUT2D eigenvalue weighted by atomic mass is 9.98. The van der Waals surface area contributed by atoms with E-state index in [0.717, 1.165) is 18.5 Å². The van der Waals surface area contributed by atoms with E-state index >= 15 is 0 Å². The fourth-order valence-corrected chi connectivity index (χ4v) is 2.62. The van der Waals surface area contributed by atoms with E-state index in [1.165, 1.54) is 16.5 Å². The Balaban J connectivity index is 1.91. The monoisotopic (exact) mass is 277 g/mol. The Hall–Kier alpha value is -2.26. The third-order valence-corrected chi connectivity index (χ3v) is 3.67. The Kier molecular flexibility index (Phi) is 4.22. The third kappa shape index (κ3) is 3.26. The van der Waals surface area contributed by atoms with Gasteiger partial charge >= 0.3 is 0 Å². The standard InChI is InChI=1S/C18H19N3/c1-2-20-18(12-14-7-10-19-11-8-14)16-5-6-17-15(13-16)4-3-9-21-17/h3-11,13,18,20H,2,12H2,1H3. The summed E-state index contributed by atoms with van der Waals surface area (Å²) < 4.78 is 0. The van der Waals surface area contributed by atoms with Crippen molar-refractivity contribution in [2.24, 2.45) is 0 Å². The maximum Gasteiger partial charge on any atom is 0.0702 e. The Labute approximate surface area is 125 Å². The van der Waals surface area contributed by atoms with Gasteiger partial charge in [-0.25, -0.2) is 0 Å². The molecule has 2 heterocycles. The molecule has 21 heavy (non-hydrogen) atoms. The first kappa shape index (κ1) is 13.7. The summed E-state index contributed by atoms with van der Waals surface area (Å²) in [5.74, 6) is 0. The van der Waals surface area contributed by atoms with Crippen LogP contribution in [0.25, 0.3) is 10.9 Å². The zero-order chi connectivity index (χ0) is 14.5. The van der Waals surface area contributed by atoms with Gasteiger partial charge in [-0.1, -0.05) is 19.1 Å². The van der Waals surface area contributed by atoms with Crippen molar-refractivity contribution < 1.29 is 0 Å². The van der Waals surface area contributed by atoms with E-state index in [2.05, 4.69) is 58.6 Å². The third-order valence-electron chi connectivity index (χ3n) is 3.67. The van der Waals surface area contributed by atoms with E-state index in [4.69, 9.17) is 0 Å². The van der Waals surface area contributed by atoms with E-state index in [1.807, 2.05) is 24.7 Å². The van der Waals surface area contributed by atoms with Crippen molar-refractivity contribution in [3.63, 3.8) is 0 Å². The lowest BCUT2D eigenvalue weighted by Crippen LogP contribution is -2.23. The molecule has 3 aromatic rings. The normalized spacial score (nSPS) is 12.4. The van der Waals surface area contributed by atoms with E-state index in [1.54, 1.807) is 0 Å². The SMILES string of the molecule is CCNC(Cc1ccncc1)c1ccc2ncccc2c1. The molecule has 3 rings (SSSR count). The van der Waals surface area contributed by atoms with Crippen LogP contribution in [0.1, 0.15) is 24.1 Å². The van der Waals surface area contributed by atoms with Gasteiger partial charge in [0, 0.05) is 30.0 Å². The Morgan fingerprint density at radius 3 is 2.71 bits per heavy atom.